The van der Waals surface area contributed by atoms with E-state index in [1.165, 1.54) is 0 Å². The average Bonchev–Trinajstić information content (AvgIpc) is 3.82. The van der Waals surface area contributed by atoms with Crippen molar-refractivity contribution in [1.29, 1.82) is 0 Å². The van der Waals surface area contributed by atoms with E-state index in [0.29, 0.717) is 0 Å². The van der Waals surface area contributed by atoms with Crippen molar-refractivity contribution < 1.29 is 28.5 Å². The number of fused-ring (bicyclic) bond motifs is 7. The minimum absolute atomic E-state index is 0.0139. The Balaban J connectivity index is 1.41. The fraction of sp³-hybridized carbons (Fsp3) is 0.351. The van der Waals surface area contributed by atoms with Crippen LogP contribution < -0.4 is 0 Å². The number of hydrogen-bond acceptors (Lipinski definition) is 6. The number of rotatable bonds is 4. The predicted octanol–water partition coefficient (Wildman–Crippen LogP) is 5.13. The Kier molecular flexibility index (Phi) is 4.25. The van der Waals surface area contributed by atoms with E-state index < -0.39 is 39.8 Å². The summed E-state index contributed by atoms with van der Waals surface area (Å²) in [7, 11) is 3.42. The van der Waals surface area contributed by atoms with Crippen LogP contribution in [-0.4, -0.2) is 31.9 Å². The molecule has 0 aromatic heterocycles. The minimum atomic E-state index is -1.35. The van der Waals surface area contributed by atoms with Crippen LogP contribution >= 0.6 is 0 Å². The Morgan fingerprint density at radius 3 is 1.37 bits per heavy atom. The maximum atomic E-state index is 15.0. The molecule has 8 aliphatic rings. The van der Waals surface area contributed by atoms with Crippen molar-refractivity contribution in [3.8, 4) is 0 Å². The van der Waals surface area contributed by atoms with Crippen molar-refractivity contribution in [3.63, 3.8) is 0 Å². The van der Waals surface area contributed by atoms with E-state index in [1.54, 1.807) is 14.2 Å². The SMILES string of the molecule is COC1(OC)[C@@H]2C=C[C@H]1[C@@H]1[C@H]2[C@@H]2C=C[C@H]1[C@]13C(=O)OC(=O)[C@]21[C@]1(c2ccccc2)O[C@@]3(c2ccccc2)c2ccccc21. The molecule has 4 fully saturated rings. The van der Waals surface area contributed by atoms with Crippen molar-refractivity contribution in [1.82, 2.24) is 0 Å². The quantitative estimate of drug-likeness (QED) is 0.188. The van der Waals surface area contributed by atoms with Gasteiger partial charge in [-0.3, -0.25) is 9.59 Å². The molecular weight excluding hydrogens is 540 g/mol. The fourth-order valence-electron chi connectivity index (χ4n) is 11.8. The van der Waals surface area contributed by atoms with Gasteiger partial charge < -0.3 is 18.9 Å². The van der Waals surface area contributed by atoms with Crippen LogP contribution in [0.3, 0.4) is 0 Å². The van der Waals surface area contributed by atoms with Gasteiger partial charge in [-0.15, -0.1) is 0 Å². The molecule has 5 aliphatic carbocycles. The Morgan fingerprint density at radius 2 is 0.953 bits per heavy atom. The van der Waals surface area contributed by atoms with Crippen LogP contribution in [0.2, 0.25) is 0 Å². The standard InChI is InChI=1S/C37H30O6/c1-40-37(41-2)27-19-20-28(37)30-26-18-17-25(29(27)30)33-31(38)42-32(39)34(26,33)36(22-13-7-4-8-14-22)24-16-10-9-15-23(24)35(33,43-36)21-11-5-3-6-12-21/h3-20,25-30H,1-2H3/t25-,26+,27+,28-,29-,30+,33+,34-,35+,36-. The zero-order valence-corrected chi connectivity index (χ0v) is 23.8. The highest BCUT2D eigenvalue weighted by Crippen LogP contribution is 2.90. The van der Waals surface area contributed by atoms with Crippen molar-refractivity contribution >= 4 is 11.9 Å². The normalized spacial score (nSPS) is 44.3. The maximum Gasteiger partial charge on any atom is 0.325 e. The molecule has 2 saturated heterocycles. The predicted molar refractivity (Wildman–Crippen MR) is 154 cm³/mol. The molecule has 0 amide bonds. The Bertz CT molecular complexity index is 1690. The number of hydrogen-bond donors (Lipinski definition) is 0. The zero-order valence-electron chi connectivity index (χ0n) is 23.8. The number of benzene rings is 3. The smallest absolute Gasteiger partial charge is 0.325 e. The van der Waals surface area contributed by atoms with E-state index in [4.69, 9.17) is 18.9 Å². The molecule has 3 heterocycles. The molecule has 3 aromatic carbocycles. The molecular formula is C37H30O6. The van der Waals surface area contributed by atoms with Gasteiger partial charge in [0.15, 0.2) is 5.79 Å². The molecule has 0 radical (unpaired) electrons. The van der Waals surface area contributed by atoms with Crippen LogP contribution in [0.25, 0.3) is 0 Å². The summed E-state index contributed by atoms with van der Waals surface area (Å²) in [5.74, 6) is -2.80. The van der Waals surface area contributed by atoms with E-state index in [0.717, 1.165) is 22.3 Å². The molecule has 0 N–H and O–H groups in total. The topological polar surface area (TPSA) is 71.1 Å². The third-order valence-electron chi connectivity index (χ3n) is 12.6. The summed E-state index contributed by atoms with van der Waals surface area (Å²) >= 11 is 0. The maximum absolute atomic E-state index is 15.0. The number of carbonyl (C=O) groups is 2. The van der Waals surface area contributed by atoms with E-state index in [-0.39, 0.29) is 35.5 Å². The van der Waals surface area contributed by atoms with Crippen LogP contribution in [0.4, 0.5) is 0 Å². The molecule has 11 rings (SSSR count). The Morgan fingerprint density at radius 1 is 0.558 bits per heavy atom. The second kappa shape index (κ2) is 7.44. The number of carbonyl (C=O) groups excluding carboxylic acids is 2. The number of esters is 2. The van der Waals surface area contributed by atoms with E-state index in [1.807, 2.05) is 72.8 Å². The van der Waals surface area contributed by atoms with Gasteiger partial charge in [-0.05, 0) is 34.1 Å². The molecule has 3 aromatic rings. The number of methoxy groups -OCH3 is 2. The van der Waals surface area contributed by atoms with Gasteiger partial charge in [0.2, 0.25) is 0 Å². The summed E-state index contributed by atoms with van der Waals surface area (Å²) in [6.45, 7) is 0. The first-order valence-corrected chi connectivity index (χ1v) is 15.2. The van der Waals surface area contributed by atoms with Crippen molar-refractivity contribution in [2.24, 2.45) is 46.3 Å². The summed E-state index contributed by atoms with van der Waals surface area (Å²) in [6, 6.07) is 28.2. The summed E-state index contributed by atoms with van der Waals surface area (Å²) in [4.78, 5) is 30.0. The number of cyclic esters (lactones) is 2. The first kappa shape index (κ1) is 24.6. The lowest BCUT2D eigenvalue weighted by Gasteiger charge is -2.64. The molecule has 214 valence electrons. The fourth-order valence-corrected chi connectivity index (χ4v) is 11.8. The minimum Gasteiger partial charge on any atom is -0.392 e. The molecule has 0 unspecified atom stereocenters. The van der Waals surface area contributed by atoms with E-state index in [2.05, 4.69) is 36.4 Å². The molecule has 6 nitrogen and oxygen atoms in total. The summed E-state index contributed by atoms with van der Waals surface area (Å²) in [6.07, 6.45) is 8.81. The van der Waals surface area contributed by atoms with Crippen molar-refractivity contribution in [2.45, 2.75) is 17.0 Å². The van der Waals surface area contributed by atoms with Gasteiger partial charge in [0.25, 0.3) is 0 Å². The molecule has 3 aliphatic heterocycles. The number of allylic oxidation sites excluding steroid dienone is 2. The highest BCUT2D eigenvalue weighted by Gasteiger charge is 2.99. The van der Waals surface area contributed by atoms with Crippen LogP contribution in [0.15, 0.2) is 109 Å². The van der Waals surface area contributed by atoms with Crippen LogP contribution in [0.1, 0.15) is 22.3 Å². The first-order chi connectivity index (χ1) is 21.0. The first-order valence-electron chi connectivity index (χ1n) is 15.2. The lowest BCUT2D eigenvalue weighted by Crippen LogP contribution is -2.72. The summed E-state index contributed by atoms with van der Waals surface area (Å²) in [5.41, 5.74) is -1.68. The zero-order chi connectivity index (χ0) is 29.0. The molecule has 6 bridgehead atoms. The van der Waals surface area contributed by atoms with Gasteiger partial charge in [-0.1, -0.05) is 109 Å². The molecule has 2 saturated carbocycles. The third-order valence-corrected chi connectivity index (χ3v) is 12.6. The van der Waals surface area contributed by atoms with E-state index in [9.17, 15) is 0 Å². The van der Waals surface area contributed by atoms with Crippen molar-refractivity contribution in [2.75, 3.05) is 14.2 Å². The van der Waals surface area contributed by atoms with Gasteiger partial charge >= 0.3 is 11.9 Å². The lowest BCUT2D eigenvalue weighted by atomic mass is 9.31. The van der Waals surface area contributed by atoms with Gasteiger partial charge in [0, 0.05) is 37.9 Å². The summed E-state index contributed by atoms with van der Waals surface area (Å²) < 4.78 is 26.2. The molecule has 6 heteroatoms. The van der Waals surface area contributed by atoms with Crippen molar-refractivity contribution in [3.05, 3.63) is 131 Å². The lowest BCUT2D eigenvalue weighted by molar-refractivity contribution is -0.235. The van der Waals surface area contributed by atoms with E-state index >= 15 is 9.59 Å². The third kappa shape index (κ3) is 2.05. The van der Waals surface area contributed by atoms with Gasteiger partial charge in [0.05, 0.1) is 0 Å². The summed E-state index contributed by atoms with van der Waals surface area (Å²) in [5, 5.41) is 0. The molecule has 10 atom stereocenters. The second-order valence-corrected chi connectivity index (χ2v) is 13.2. The Hall–Kier alpha value is -3.84. The van der Waals surface area contributed by atoms with Crippen LogP contribution in [-0.2, 0) is 39.7 Å². The van der Waals surface area contributed by atoms with Gasteiger partial charge in [-0.2, -0.15) is 0 Å². The largest absolute Gasteiger partial charge is 0.392 e. The molecule has 43 heavy (non-hydrogen) atoms. The average molecular weight is 571 g/mol. The van der Waals surface area contributed by atoms with Crippen LogP contribution in [0, 0.1) is 46.3 Å². The monoisotopic (exact) mass is 570 g/mol. The second-order valence-electron chi connectivity index (χ2n) is 13.2. The number of ether oxygens (including phenoxy) is 4. The highest BCUT2D eigenvalue weighted by atomic mass is 16.7. The highest BCUT2D eigenvalue weighted by molar-refractivity contribution is 6.08. The van der Waals surface area contributed by atoms with Gasteiger partial charge in [0.1, 0.15) is 22.0 Å². The van der Waals surface area contributed by atoms with Crippen LogP contribution in [0.5, 0.6) is 0 Å². The van der Waals surface area contributed by atoms with Gasteiger partial charge in [-0.25, -0.2) is 0 Å². The Labute approximate surface area is 249 Å². The molecule has 0 spiro atoms.